The smallest absolute Gasteiger partial charge is 0.237 e. The zero-order valence-corrected chi connectivity index (χ0v) is 11.9. The summed E-state index contributed by atoms with van der Waals surface area (Å²) in [6, 6.07) is 20.5. The van der Waals surface area contributed by atoms with E-state index >= 15 is 0 Å². The molecule has 1 saturated heterocycles. The van der Waals surface area contributed by atoms with E-state index in [0.717, 1.165) is 17.5 Å². The van der Waals surface area contributed by atoms with E-state index in [1.165, 1.54) is 0 Å². The van der Waals surface area contributed by atoms with Gasteiger partial charge in [-0.1, -0.05) is 60.7 Å². The molecule has 0 N–H and O–H groups in total. The van der Waals surface area contributed by atoms with Crippen LogP contribution in [-0.4, -0.2) is 23.9 Å². The van der Waals surface area contributed by atoms with Gasteiger partial charge in [0.25, 0.3) is 0 Å². The summed E-state index contributed by atoms with van der Waals surface area (Å²) in [5.41, 5.74) is 1.65. The Labute approximate surface area is 120 Å². The van der Waals surface area contributed by atoms with E-state index in [1.54, 1.807) is 0 Å². The maximum atomic E-state index is 13.0. The Morgan fingerprint density at radius 1 is 0.950 bits per heavy atom. The van der Waals surface area contributed by atoms with Crippen LogP contribution in [0.15, 0.2) is 60.7 Å². The molecule has 1 aliphatic rings. The number of carbonyl (C=O) groups is 1. The summed E-state index contributed by atoms with van der Waals surface area (Å²) in [4.78, 5) is 14.8. The first-order chi connectivity index (χ1) is 9.66. The fourth-order valence-electron chi connectivity index (χ4n) is 3.26. The van der Waals surface area contributed by atoms with Crippen molar-refractivity contribution in [2.45, 2.75) is 24.8 Å². The first-order valence-corrected chi connectivity index (χ1v) is 7.04. The van der Waals surface area contributed by atoms with Crippen LogP contribution in [0, 0.1) is 0 Å². The molecule has 1 fully saturated rings. The fraction of sp³-hybridized carbons (Fsp3) is 0.278. The van der Waals surface area contributed by atoms with Crippen molar-refractivity contribution in [3.63, 3.8) is 0 Å². The van der Waals surface area contributed by atoms with Crippen LogP contribution in [0.2, 0.25) is 0 Å². The summed E-state index contributed by atoms with van der Waals surface area (Å²) in [6.07, 6.45) is 0.830. The van der Waals surface area contributed by atoms with Gasteiger partial charge in [0.05, 0.1) is 0 Å². The number of benzene rings is 2. The van der Waals surface area contributed by atoms with Crippen LogP contribution in [0.5, 0.6) is 0 Å². The molecule has 1 atom stereocenters. The summed E-state index contributed by atoms with van der Waals surface area (Å²) >= 11 is 0. The summed E-state index contributed by atoms with van der Waals surface area (Å²) in [5, 5.41) is 0. The third kappa shape index (κ3) is 1.75. The second-order valence-corrected chi connectivity index (χ2v) is 5.61. The molecule has 3 rings (SSSR count). The van der Waals surface area contributed by atoms with Crippen molar-refractivity contribution >= 4 is 5.91 Å². The molecule has 1 amide bonds. The Morgan fingerprint density at radius 2 is 1.40 bits per heavy atom. The Balaban J connectivity index is 2.22. The van der Waals surface area contributed by atoms with Crippen LogP contribution in [-0.2, 0) is 10.2 Å². The Morgan fingerprint density at radius 3 is 1.75 bits per heavy atom. The minimum atomic E-state index is -0.531. The molecule has 0 aromatic heterocycles. The molecule has 0 aliphatic carbocycles. The van der Waals surface area contributed by atoms with Crippen molar-refractivity contribution in [1.82, 2.24) is 4.90 Å². The van der Waals surface area contributed by atoms with Gasteiger partial charge >= 0.3 is 0 Å². The molecule has 0 bridgehead atoms. The van der Waals surface area contributed by atoms with Gasteiger partial charge in [0.2, 0.25) is 5.91 Å². The quantitative estimate of drug-likeness (QED) is 0.816. The molecule has 2 nitrogen and oxygen atoms in total. The summed E-state index contributed by atoms with van der Waals surface area (Å²) < 4.78 is 0. The van der Waals surface area contributed by atoms with E-state index in [0.29, 0.717) is 0 Å². The van der Waals surface area contributed by atoms with Crippen molar-refractivity contribution in [2.75, 3.05) is 7.05 Å². The highest BCUT2D eigenvalue weighted by atomic mass is 16.2. The second kappa shape index (κ2) is 4.78. The van der Waals surface area contributed by atoms with Gasteiger partial charge in [-0.05, 0) is 24.5 Å². The predicted octanol–water partition coefficient (Wildman–Crippen LogP) is 3.22. The van der Waals surface area contributed by atoms with Crippen molar-refractivity contribution in [3.8, 4) is 0 Å². The summed E-state index contributed by atoms with van der Waals surface area (Å²) in [5.74, 6) is 0.197. The number of nitrogens with zero attached hydrogens (tertiary/aromatic N) is 1. The van der Waals surface area contributed by atoms with Gasteiger partial charge < -0.3 is 4.90 Å². The second-order valence-electron chi connectivity index (χ2n) is 5.61. The topological polar surface area (TPSA) is 20.3 Å². The highest BCUT2D eigenvalue weighted by molar-refractivity contribution is 5.94. The van der Waals surface area contributed by atoms with E-state index in [2.05, 4.69) is 31.2 Å². The molecular formula is C18H19NO. The normalized spacial score (nSPS) is 21.2. The lowest BCUT2D eigenvalue weighted by molar-refractivity contribution is -0.130. The maximum absolute atomic E-state index is 13.0. The first-order valence-electron chi connectivity index (χ1n) is 7.04. The lowest BCUT2D eigenvalue weighted by Crippen LogP contribution is -2.37. The van der Waals surface area contributed by atoms with Crippen molar-refractivity contribution < 1.29 is 4.79 Å². The summed E-state index contributed by atoms with van der Waals surface area (Å²) in [6.45, 7) is 2.12. The molecule has 0 unspecified atom stereocenters. The Bertz CT molecular complexity index is 566. The Hall–Kier alpha value is -2.09. The number of hydrogen-bond acceptors (Lipinski definition) is 1. The number of likely N-dealkylation sites (tertiary alicyclic amines) is 1. The van der Waals surface area contributed by atoms with Gasteiger partial charge in [0, 0.05) is 13.1 Å². The van der Waals surface area contributed by atoms with Crippen molar-refractivity contribution in [2.24, 2.45) is 0 Å². The monoisotopic (exact) mass is 265 g/mol. The highest BCUT2D eigenvalue weighted by Gasteiger charge is 2.50. The maximum Gasteiger partial charge on any atom is 0.237 e. The molecule has 2 aromatic rings. The van der Waals surface area contributed by atoms with E-state index in [-0.39, 0.29) is 11.9 Å². The third-order valence-electron chi connectivity index (χ3n) is 4.48. The third-order valence-corrected chi connectivity index (χ3v) is 4.48. The predicted molar refractivity (Wildman–Crippen MR) is 80.5 cm³/mol. The van der Waals surface area contributed by atoms with Crippen LogP contribution < -0.4 is 0 Å². The molecule has 0 saturated carbocycles. The molecule has 1 aliphatic heterocycles. The van der Waals surface area contributed by atoms with Gasteiger partial charge in [0.1, 0.15) is 5.41 Å². The van der Waals surface area contributed by atoms with Gasteiger partial charge in [-0.25, -0.2) is 0 Å². The van der Waals surface area contributed by atoms with E-state index in [9.17, 15) is 4.79 Å². The average Bonchev–Trinajstić information content (AvgIpc) is 2.74. The molecule has 0 spiro atoms. The lowest BCUT2D eigenvalue weighted by Gasteiger charge is -2.28. The zero-order chi connectivity index (χ0) is 14.2. The minimum Gasteiger partial charge on any atom is -0.342 e. The van der Waals surface area contributed by atoms with Gasteiger partial charge in [0.15, 0.2) is 0 Å². The average molecular weight is 265 g/mol. The van der Waals surface area contributed by atoms with Crippen molar-refractivity contribution in [3.05, 3.63) is 71.8 Å². The number of rotatable bonds is 2. The van der Waals surface area contributed by atoms with E-state index in [4.69, 9.17) is 0 Å². The number of carbonyl (C=O) groups excluding carboxylic acids is 1. The van der Waals surface area contributed by atoms with Gasteiger partial charge in [-0.15, -0.1) is 0 Å². The zero-order valence-electron chi connectivity index (χ0n) is 11.9. The largest absolute Gasteiger partial charge is 0.342 e. The molecular weight excluding hydrogens is 246 g/mol. The molecule has 2 heteroatoms. The van der Waals surface area contributed by atoms with Gasteiger partial charge in [-0.3, -0.25) is 4.79 Å². The Kier molecular flexibility index (Phi) is 3.09. The highest BCUT2D eigenvalue weighted by Crippen LogP contribution is 2.43. The lowest BCUT2D eigenvalue weighted by atomic mass is 9.72. The minimum absolute atomic E-state index is 0.197. The van der Waals surface area contributed by atoms with Crippen LogP contribution in [0.25, 0.3) is 0 Å². The molecule has 1 heterocycles. The van der Waals surface area contributed by atoms with Crippen molar-refractivity contribution in [1.29, 1.82) is 0 Å². The van der Waals surface area contributed by atoms with Gasteiger partial charge in [-0.2, -0.15) is 0 Å². The summed E-state index contributed by atoms with van der Waals surface area (Å²) in [7, 11) is 1.90. The molecule has 20 heavy (non-hydrogen) atoms. The molecule has 2 aromatic carbocycles. The van der Waals surface area contributed by atoms with Crippen LogP contribution in [0.3, 0.4) is 0 Å². The standard InChI is InChI=1S/C18H19NO/c1-14-13-18(17(20)19(14)2,15-9-5-3-6-10-15)16-11-7-4-8-12-16/h3-12,14H,13H2,1-2H3/t14-/m0/s1. The van der Waals surface area contributed by atoms with E-state index in [1.807, 2.05) is 48.3 Å². The fourth-order valence-corrected chi connectivity index (χ4v) is 3.26. The van der Waals surface area contributed by atoms with E-state index < -0.39 is 5.41 Å². The number of hydrogen-bond donors (Lipinski definition) is 0. The SMILES string of the molecule is C[C@H]1CC(c2ccccc2)(c2ccccc2)C(=O)N1C. The van der Waals surface area contributed by atoms with Crippen LogP contribution >= 0.6 is 0 Å². The number of likely N-dealkylation sites (N-methyl/N-ethyl adjacent to an activating group) is 1. The molecule has 0 radical (unpaired) electrons. The first kappa shape index (κ1) is 12.9. The van der Waals surface area contributed by atoms with Crippen LogP contribution in [0.4, 0.5) is 0 Å². The molecule has 102 valence electrons. The van der Waals surface area contributed by atoms with Crippen LogP contribution in [0.1, 0.15) is 24.5 Å². The number of amides is 1.